The molecule has 31 heavy (non-hydrogen) atoms. The minimum Gasteiger partial charge on any atom is -0.465 e. The Morgan fingerprint density at radius 1 is 0.806 bits per heavy atom. The normalized spacial score (nSPS) is 10.5. The molecule has 2 heterocycles. The van der Waals surface area contributed by atoms with Gasteiger partial charge in [0.05, 0.1) is 19.9 Å². The van der Waals surface area contributed by atoms with Gasteiger partial charge in [-0.15, -0.1) is 0 Å². The van der Waals surface area contributed by atoms with Gasteiger partial charge in [0.15, 0.2) is 11.5 Å². The second-order valence-corrected chi connectivity index (χ2v) is 6.46. The molecule has 0 fully saturated rings. The van der Waals surface area contributed by atoms with E-state index in [0.29, 0.717) is 17.1 Å². The van der Waals surface area contributed by atoms with Crippen LogP contribution in [0.3, 0.4) is 0 Å². The Bertz CT molecular complexity index is 1240. The SMILES string of the molecule is COC(=O)c1c(-c2cccc(-c3ncccn3)c2)nn(-c2ccccc2)c1C(=O)OC. The molecule has 0 atom stereocenters. The van der Waals surface area contributed by atoms with Crippen molar-refractivity contribution in [1.82, 2.24) is 19.7 Å². The number of hydrogen-bond donors (Lipinski definition) is 0. The number of hydrogen-bond acceptors (Lipinski definition) is 7. The summed E-state index contributed by atoms with van der Waals surface area (Å²) in [6, 6.07) is 18.0. The molecular weight excluding hydrogens is 396 g/mol. The Morgan fingerprint density at radius 3 is 2.16 bits per heavy atom. The van der Waals surface area contributed by atoms with Crippen molar-refractivity contribution in [3.05, 3.63) is 84.3 Å². The summed E-state index contributed by atoms with van der Waals surface area (Å²) < 4.78 is 11.3. The summed E-state index contributed by atoms with van der Waals surface area (Å²) in [5.41, 5.74) is 2.23. The van der Waals surface area contributed by atoms with E-state index in [1.54, 1.807) is 48.8 Å². The molecule has 0 aliphatic carbocycles. The number of carbonyl (C=O) groups excluding carboxylic acids is 2. The summed E-state index contributed by atoms with van der Waals surface area (Å²) in [5, 5.41) is 4.60. The second kappa shape index (κ2) is 8.58. The number of methoxy groups -OCH3 is 2. The molecule has 4 rings (SSSR count). The van der Waals surface area contributed by atoms with Crippen LogP contribution in [0.25, 0.3) is 28.3 Å². The van der Waals surface area contributed by atoms with E-state index < -0.39 is 11.9 Å². The Kier molecular flexibility index (Phi) is 5.53. The van der Waals surface area contributed by atoms with E-state index >= 15 is 0 Å². The first-order valence-electron chi connectivity index (χ1n) is 9.37. The lowest BCUT2D eigenvalue weighted by atomic mass is 10.0. The molecule has 0 radical (unpaired) electrons. The number of ether oxygens (including phenoxy) is 2. The third kappa shape index (κ3) is 3.78. The molecule has 154 valence electrons. The molecule has 0 aliphatic rings. The highest BCUT2D eigenvalue weighted by atomic mass is 16.5. The monoisotopic (exact) mass is 414 g/mol. The van der Waals surface area contributed by atoms with Crippen LogP contribution in [0.2, 0.25) is 0 Å². The fourth-order valence-electron chi connectivity index (χ4n) is 3.21. The maximum absolute atomic E-state index is 12.7. The zero-order valence-corrected chi connectivity index (χ0v) is 16.9. The number of benzene rings is 2. The van der Waals surface area contributed by atoms with Gasteiger partial charge in [-0.25, -0.2) is 24.2 Å². The lowest BCUT2D eigenvalue weighted by molar-refractivity contribution is 0.0549. The number of aromatic nitrogens is 4. The van der Waals surface area contributed by atoms with Crippen LogP contribution in [0, 0.1) is 0 Å². The molecule has 0 N–H and O–H groups in total. The van der Waals surface area contributed by atoms with Gasteiger partial charge >= 0.3 is 11.9 Å². The van der Waals surface area contributed by atoms with Gasteiger partial charge < -0.3 is 9.47 Å². The van der Waals surface area contributed by atoms with Gasteiger partial charge in [0.1, 0.15) is 11.3 Å². The Labute approximate surface area is 178 Å². The average molecular weight is 414 g/mol. The molecule has 0 bridgehead atoms. The molecular formula is C23H18N4O4. The molecule has 0 unspecified atom stereocenters. The largest absolute Gasteiger partial charge is 0.465 e. The topological polar surface area (TPSA) is 96.2 Å². The predicted octanol–water partition coefficient (Wildman–Crippen LogP) is 3.57. The molecule has 4 aromatic rings. The Balaban J connectivity index is 1.97. The van der Waals surface area contributed by atoms with E-state index in [1.807, 2.05) is 24.3 Å². The third-order valence-corrected chi connectivity index (χ3v) is 4.61. The molecule has 0 saturated heterocycles. The molecule has 0 saturated carbocycles. The van der Waals surface area contributed by atoms with E-state index in [0.717, 1.165) is 5.56 Å². The van der Waals surface area contributed by atoms with E-state index in [9.17, 15) is 9.59 Å². The molecule has 8 heteroatoms. The molecule has 2 aromatic carbocycles. The lowest BCUT2D eigenvalue weighted by Gasteiger charge is -2.07. The van der Waals surface area contributed by atoms with Crippen molar-refractivity contribution in [2.45, 2.75) is 0 Å². The highest BCUT2D eigenvalue weighted by molar-refractivity contribution is 6.07. The average Bonchev–Trinajstić information content (AvgIpc) is 3.25. The van der Waals surface area contributed by atoms with Crippen molar-refractivity contribution in [3.63, 3.8) is 0 Å². The maximum Gasteiger partial charge on any atom is 0.357 e. The van der Waals surface area contributed by atoms with Crippen LogP contribution in [-0.2, 0) is 9.47 Å². The van der Waals surface area contributed by atoms with Crippen LogP contribution in [0.15, 0.2) is 73.1 Å². The van der Waals surface area contributed by atoms with Crippen LogP contribution in [0.1, 0.15) is 20.8 Å². The molecule has 0 amide bonds. The highest BCUT2D eigenvalue weighted by Gasteiger charge is 2.31. The van der Waals surface area contributed by atoms with Crippen LogP contribution in [-0.4, -0.2) is 45.9 Å². The summed E-state index contributed by atoms with van der Waals surface area (Å²) in [7, 11) is 2.50. The van der Waals surface area contributed by atoms with E-state index in [-0.39, 0.29) is 17.0 Å². The number of para-hydroxylation sites is 1. The van der Waals surface area contributed by atoms with Gasteiger partial charge in [0.25, 0.3) is 0 Å². The summed E-state index contributed by atoms with van der Waals surface area (Å²) in [6.45, 7) is 0. The summed E-state index contributed by atoms with van der Waals surface area (Å²) in [4.78, 5) is 33.9. The third-order valence-electron chi connectivity index (χ3n) is 4.61. The number of carbonyl (C=O) groups is 2. The second-order valence-electron chi connectivity index (χ2n) is 6.46. The quantitative estimate of drug-likeness (QED) is 0.461. The zero-order chi connectivity index (χ0) is 21.8. The molecule has 0 aliphatic heterocycles. The van der Waals surface area contributed by atoms with Crippen molar-refractivity contribution < 1.29 is 19.1 Å². The standard InChI is InChI=1S/C23H18N4O4/c1-30-22(28)18-19(15-8-6-9-16(14-15)21-24-12-7-13-25-21)26-27(20(18)23(29)31-2)17-10-4-3-5-11-17/h3-14H,1-2H3. The summed E-state index contributed by atoms with van der Waals surface area (Å²) in [6.07, 6.45) is 3.29. The van der Waals surface area contributed by atoms with Crippen molar-refractivity contribution in [2.75, 3.05) is 14.2 Å². The number of nitrogens with zero attached hydrogens (tertiary/aromatic N) is 4. The first-order valence-corrected chi connectivity index (χ1v) is 9.37. The Hall–Kier alpha value is -4.33. The fraction of sp³-hybridized carbons (Fsp3) is 0.0870. The van der Waals surface area contributed by atoms with Crippen LogP contribution in [0.5, 0.6) is 0 Å². The van der Waals surface area contributed by atoms with E-state index in [2.05, 4.69) is 15.1 Å². The van der Waals surface area contributed by atoms with Crippen molar-refractivity contribution in [3.8, 4) is 28.3 Å². The van der Waals surface area contributed by atoms with Gasteiger partial charge in [-0.05, 0) is 24.3 Å². The van der Waals surface area contributed by atoms with Gasteiger partial charge in [0.2, 0.25) is 0 Å². The molecule has 8 nitrogen and oxygen atoms in total. The van der Waals surface area contributed by atoms with Gasteiger partial charge in [-0.3, -0.25) is 0 Å². The smallest absolute Gasteiger partial charge is 0.357 e. The fourth-order valence-corrected chi connectivity index (χ4v) is 3.21. The van der Waals surface area contributed by atoms with Crippen molar-refractivity contribution in [2.24, 2.45) is 0 Å². The number of rotatable bonds is 5. The van der Waals surface area contributed by atoms with Crippen molar-refractivity contribution >= 4 is 11.9 Å². The first kappa shape index (κ1) is 20.0. The van der Waals surface area contributed by atoms with Gasteiger partial charge in [-0.1, -0.05) is 36.4 Å². The summed E-state index contributed by atoms with van der Waals surface area (Å²) >= 11 is 0. The zero-order valence-electron chi connectivity index (χ0n) is 16.9. The number of esters is 2. The van der Waals surface area contributed by atoms with Crippen LogP contribution < -0.4 is 0 Å². The van der Waals surface area contributed by atoms with Gasteiger partial charge in [0, 0.05) is 23.5 Å². The lowest BCUT2D eigenvalue weighted by Crippen LogP contribution is -2.15. The Morgan fingerprint density at radius 2 is 1.48 bits per heavy atom. The van der Waals surface area contributed by atoms with E-state index in [1.165, 1.54) is 18.9 Å². The maximum atomic E-state index is 12.7. The minimum absolute atomic E-state index is 0.0167. The first-order chi connectivity index (χ1) is 15.1. The molecule has 0 spiro atoms. The highest BCUT2D eigenvalue weighted by Crippen LogP contribution is 2.31. The van der Waals surface area contributed by atoms with Gasteiger partial charge in [-0.2, -0.15) is 5.10 Å². The summed E-state index contributed by atoms with van der Waals surface area (Å²) in [5.74, 6) is -0.871. The van der Waals surface area contributed by atoms with E-state index in [4.69, 9.17) is 9.47 Å². The predicted molar refractivity (Wildman–Crippen MR) is 113 cm³/mol. The van der Waals surface area contributed by atoms with Crippen LogP contribution in [0.4, 0.5) is 0 Å². The minimum atomic E-state index is -0.703. The molecule has 2 aromatic heterocycles. The van der Waals surface area contributed by atoms with Crippen molar-refractivity contribution in [1.29, 1.82) is 0 Å². The van der Waals surface area contributed by atoms with Crippen LogP contribution >= 0.6 is 0 Å².